The highest BCUT2D eigenvalue weighted by Crippen LogP contribution is 2.26. The number of rotatable bonds is 7. The quantitative estimate of drug-likeness (QED) is 0.778. The fourth-order valence-corrected chi connectivity index (χ4v) is 1.67. The zero-order chi connectivity index (χ0) is 13.6. The van der Waals surface area contributed by atoms with Crippen LogP contribution < -0.4 is 5.32 Å². The minimum absolute atomic E-state index is 0.0154. The molecule has 0 saturated heterocycles. The van der Waals surface area contributed by atoms with Gasteiger partial charge in [-0.15, -0.1) is 0 Å². The summed E-state index contributed by atoms with van der Waals surface area (Å²) in [4.78, 5) is 18.9. The van der Waals surface area contributed by atoms with Gasteiger partial charge in [0, 0.05) is 25.4 Å². The molecule has 0 atom stereocenters. The van der Waals surface area contributed by atoms with Gasteiger partial charge in [-0.25, -0.2) is 4.98 Å². The number of nitrogens with one attached hydrogen (secondary N) is 1. The van der Waals surface area contributed by atoms with Crippen molar-refractivity contribution >= 4 is 11.8 Å². The maximum atomic E-state index is 10.6. The smallest absolute Gasteiger partial charge is 0.303 e. The van der Waals surface area contributed by atoms with Gasteiger partial charge >= 0.3 is 5.97 Å². The Hall–Kier alpha value is -1.65. The molecular weight excluding hydrogens is 230 g/mol. The molecule has 5 nitrogen and oxygen atoms in total. The molecular formula is C13H21N3O2. The van der Waals surface area contributed by atoms with E-state index in [0.29, 0.717) is 6.42 Å². The van der Waals surface area contributed by atoms with Crippen molar-refractivity contribution in [2.24, 2.45) is 5.41 Å². The Morgan fingerprint density at radius 2 is 2.00 bits per heavy atom. The number of carbonyl (C=O) groups is 1. The average Bonchev–Trinajstić information content (AvgIpc) is 2.29. The molecule has 2 N–H and O–H groups in total. The molecule has 1 aromatic heterocycles. The molecule has 0 radical (unpaired) electrons. The van der Waals surface area contributed by atoms with Crippen LogP contribution >= 0.6 is 0 Å². The molecule has 0 aromatic carbocycles. The average molecular weight is 251 g/mol. The van der Waals surface area contributed by atoms with Crippen LogP contribution in [0.3, 0.4) is 0 Å². The summed E-state index contributed by atoms with van der Waals surface area (Å²) in [6.07, 6.45) is 5.12. The first-order chi connectivity index (χ1) is 8.41. The number of aromatic nitrogens is 2. The maximum Gasteiger partial charge on any atom is 0.303 e. The lowest BCUT2D eigenvalue weighted by Gasteiger charge is -2.24. The van der Waals surface area contributed by atoms with E-state index in [4.69, 9.17) is 5.11 Å². The monoisotopic (exact) mass is 251 g/mol. The number of hydrogen-bond acceptors (Lipinski definition) is 4. The molecule has 0 aliphatic heterocycles. The van der Waals surface area contributed by atoms with Crippen LogP contribution in [0.5, 0.6) is 0 Å². The van der Waals surface area contributed by atoms with Crippen LogP contribution in [0.15, 0.2) is 12.4 Å². The van der Waals surface area contributed by atoms with E-state index in [2.05, 4.69) is 29.1 Å². The summed E-state index contributed by atoms with van der Waals surface area (Å²) < 4.78 is 0. The summed E-state index contributed by atoms with van der Waals surface area (Å²) in [5.41, 5.74) is 0.891. The Balaban J connectivity index is 2.37. The van der Waals surface area contributed by atoms with Crippen LogP contribution in [0.1, 0.15) is 38.8 Å². The van der Waals surface area contributed by atoms with Crippen LogP contribution in [0.25, 0.3) is 0 Å². The molecule has 18 heavy (non-hydrogen) atoms. The fraction of sp³-hybridized carbons (Fsp3) is 0.615. The highest BCUT2D eigenvalue weighted by atomic mass is 16.4. The number of nitrogens with zero attached hydrogens (tertiary/aromatic N) is 2. The summed E-state index contributed by atoms with van der Waals surface area (Å²) in [7, 11) is 0. The molecule has 100 valence electrons. The van der Waals surface area contributed by atoms with E-state index in [9.17, 15) is 4.79 Å². The molecule has 0 aliphatic carbocycles. The predicted molar refractivity (Wildman–Crippen MR) is 70.5 cm³/mol. The number of carboxylic acids is 1. The zero-order valence-corrected chi connectivity index (χ0v) is 11.2. The number of aryl methyl sites for hydroxylation is 1. The van der Waals surface area contributed by atoms with Gasteiger partial charge < -0.3 is 10.4 Å². The van der Waals surface area contributed by atoms with Crippen LogP contribution in [-0.2, 0) is 4.79 Å². The Bertz CT molecular complexity index is 405. The summed E-state index contributed by atoms with van der Waals surface area (Å²) in [5.74, 6) is 0.0624. The first kappa shape index (κ1) is 14.4. The van der Waals surface area contributed by atoms with Crippen LogP contribution in [0.4, 0.5) is 5.82 Å². The molecule has 1 aromatic rings. The second-order valence-electron chi connectivity index (χ2n) is 5.23. The minimum Gasteiger partial charge on any atom is -0.481 e. The first-order valence-electron chi connectivity index (χ1n) is 6.14. The van der Waals surface area contributed by atoms with Gasteiger partial charge in [-0.1, -0.05) is 13.8 Å². The largest absolute Gasteiger partial charge is 0.481 e. The van der Waals surface area contributed by atoms with E-state index in [1.54, 1.807) is 12.4 Å². The molecule has 1 rings (SSSR count). The highest BCUT2D eigenvalue weighted by molar-refractivity contribution is 5.66. The lowest BCUT2D eigenvalue weighted by atomic mass is 9.84. The fourth-order valence-electron chi connectivity index (χ4n) is 1.67. The minimum atomic E-state index is -0.735. The molecule has 0 unspecified atom stereocenters. The van der Waals surface area contributed by atoms with Gasteiger partial charge in [0.25, 0.3) is 0 Å². The van der Waals surface area contributed by atoms with Gasteiger partial charge in [0.1, 0.15) is 5.82 Å². The van der Waals surface area contributed by atoms with Crippen molar-refractivity contribution < 1.29 is 9.90 Å². The van der Waals surface area contributed by atoms with E-state index >= 15 is 0 Å². The molecule has 0 spiro atoms. The van der Waals surface area contributed by atoms with Crippen molar-refractivity contribution in [3.63, 3.8) is 0 Å². The summed E-state index contributed by atoms with van der Waals surface area (Å²) >= 11 is 0. The number of hydrogen-bond donors (Lipinski definition) is 2. The van der Waals surface area contributed by atoms with Crippen LogP contribution in [0, 0.1) is 12.3 Å². The third-order valence-corrected chi connectivity index (χ3v) is 2.99. The normalized spacial score (nSPS) is 11.3. The molecule has 0 fully saturated rings. The van der Waals surface area contributed by atoms with Gasteiger partial charge in [0.15, 0.2) is 0 Å². The second kappa shape index (κ2) is 6.33. The van der Waals surface area contributed by atoms with Gasteiger partial charge in [-0.2, -0.15) is 0 Å². The molecule has 0 amide bonds. The van der Waals surface area contributed by atoms with E-state index < -0.39 is 5.97 Å². The third kappa shape index (κ3) is 5.12. The second-order valence-corrected chi connectivity index (χ2v) is 5.23. The standard InChI is InChI=1S/C13H21N3O2/c1-10-12(16-9-8-14-10)15-7-6-13(2,3)5-4-11(17)18/h8-9H,4-7H2,1-3H3,(H,15,16)(H,17,18). The van der Waals surface area contributed by atoms with E-state index in [0.717, 1.165) is 24.5 Å². The summed E-state index contributed by atoms with van der Waals surface area (Å²) in [6.45, 7) is 6.85. The Morgan fingerprint density at radius 3 is 2.61 bits per heavy atom. The SMILES string of the molecule is Cc1nccnc1NCCC(C)(C)CCC(=O)O. The molecule has 0 saturated carbocycles. The van der Waals surface area contributed by atoms with Gasteiger partial charge in [0.05, 0.1) is 5.69 Å². The zero-order valence-electron chi connectivity index (χ0n) is 11.2. The maximum absolute atomic E-state index is 10.6. The number of anilines is 1. The molecule has 5 heteroatoms. The first-order valence-corrected chi connectivity index (χ1v) is 6.14. The highest BCUT2D eigenvalue weighted by Gasteiger charge is 2.18. The summed E-state index contributed by atoms with van der Waals surface area (Å²) in [5, 5.41) is 11.9. The number of carboxylic acid groups (broad SMARTS) is 1. The number of aliphatic carboxylic acids is 1. The van der Waals surface area contributed by atoms with Crippen molar-refractivity contribution in [3.05, 3.63) is 18.1 Å². The Labute approximate surface area is 108 Å². The lowest BCUT2D eigenvalue weighted by molar-refractivity contribution is -0.137. The molecule has 0 bridgehead atoms. The topological polar surface area (TPSA) is 75.1 Å². The van der Waals surface area contributed by atoms with E-state index in [1.165, 1.54) is 0 Å². The van der Waals surface area contributed by atoms with Crippen LogP contribution in [-0.4, -0.2) is 27.6 Å². The van der Waals surface area contributed by atoms with Crippen molar-refractivity contribution in [2.75, 3.05) is 11.9 Å². The van der Waals surface area contributed by atoms with Gasteiger partial charge in [-0.05, 0) is 25.2 Å². The van der Waals surface area contributed by atoms with Crippen molar-refractivity contribution in [2.45, 2.75) is 40.0 Å². The third-order valence-electron chi connectivity index (χ3n) is 2.99. The Kier molecular flexibility index (Phi) is 5.07. The lowest BCUT2D eigenvalue weighted by Crippen LogP contribution is -2.19. The van der Waals surface area contributed by atoms with Crippen molar-refractivity contribution in [1.82, 2.24) is 9.97 Å². The Morgan fingerprint density at radius 1 is 1.33 bits per heavy atom. The summed E-state index contributed by atoms with van der Waals surface area (Å²) in [6, 6.07) is 0. The van der Waals surface area contributed by atoms with Crippen LogP contribution in [0.2, 0.25) is 0 Å². The molecule has 0 aliphatic rings. The predicted octanol–water partition coefficient (Wildman–Crippen LogP) is 2.48. The molecule has 1 heterocycles. The van der Waals surface area contributed by atoms with Crippen molar-refractivity contribution in [1.29, 1.82) is 0 Å². The van der Waals surface area contributed by atoms with Gasteiger partial charge in [-0.3, -0.25) is 9.78 Å². The van der Waals surface area contributed by atoms with E-state index in [1.807, 2.05) is 6.92 Å². The van der Waals surface area contributed by atoms with Gasteiger partial charge in [0.2, 0.25) is 0 Å². The van der Waals surface area contributed by atoms with Crippen molar-refractivity contribution in [3.8, 4) is 0 Å². The van der Waals surface area contributed by atoms with E-state index in [-0.39, 0.29) is 11.8 Å².